The minimum atomic E-state index is -4.66. The Kier molecular flexibility index (Phi) is 4.04. The number of para-hydroxylation sites is 1. The van der Waals surface area contributed by atoms with E-state index in [1.165, 1.54) is 6.07 Å². The van der Waals surface area contributed by atoms with Crippen LogP contribution in [0.5, 0.6) is 5.75 Å². The lowest BCUT2D eigenvalue weighted by atomic mass is 9.90. The molecular formula is C14H18F3NO. The van der Waals surface area contributed by atoms with Gasteiger partial charge in [-0.1, -0.05) is 25.1 Å². The molecule has 0 aliphatic heterocycles. The SMILES string of the molecule is CNC(c1ccccc1OC(F)(F)F)C(C)C1CC1. The lowest BCUT2D eigenvalue weighted by molar-refractivity contribution is -0.275. The van der Waals surface area contributed by atoms with Gasteiger partial charge in [0.05, 0.1) is 0 Å². The maximum absolute atomic E-state index is 12.4. The number of halogens is 3. The third kappa shape index (κ3) is 3.62. The fraction of sp³-hybridized carbons (Fsp3) is 0.571. The first-order chi connectivity index (χ1) is 8.92. The van der Waals surface area contributed by atoms with Crippen LogP contribution in [0.25, 0.3) is 0 Å². The Morgan fingerprint density at radius 3 is 2.42 bits per heavy atom. The summed E-state index contributed by atoms with van der Waals surface area (Å²) in [6.45, 7) is 2.07. The van der Waals surface area contributed by atoms with Crippen molar-refractivity contribution in [2.45, 2.75) is 32.2 Å². The first-order valence-electron chi connectivity index (χ1n) is 6.44. The highest BCUT2D eigenvalue weighted by Crippen LogP contribution is 2.44. The molecule has 0 saturated heterocycles. The Labute approximate surface area is 111 Å². The number of nitrogens with one attached hydrogen (secondary N) is 1. The molecule has 1 aromatic rings. The minimum absolute atomic E-state index is 0.109. The lowest BCUT2D eigenvalue weighted by Crippen LogP contribution is -2.27. The summed E-state index contributed by atoms with van der Waals surface area (Å²) in [6, 6.07) is 6.24. The van der Waals surface area contributed by atoms with E-state index in [0.717, 1.165) is 12.8 Å². The van der Waals surface area contributed by atoms with Crippen LogP contribution in [0.3, 0.4) is 0 Å². The van der Waals surface area contributed by atoms with Crippen molar-refractivity contribution in [2.24, 2.45) is 11.8 Å². The number of hydrogen-bond donors (Lipinski definition) is 1. The molecule has 1 aromatic carbocycles. The fourth-order valence-corrected chi connectivity index (χ4v) is 2.55. The zero-order valence-corrected chi connectivity index (χ0v) is 11.0. The minimum Gasteiger partial charge on any atom is -0.405 e. The highest BCUT2D eigenvalue weighted by molar-refractivity contribution is 5.36. The second-order valence-electron chi connectivity index (χ2n) is 5.05. The third-order valence-electron chi connectivity index (χ3n) is 3.68. The molecule has 5 heteroatoms. The molecule has 19 heavy (non-hydrogen) atoms. The largest absolute Gasteiger partial charge is 0.573 e. The van der Waals surface area contributed by atoms with Gasteiger partial charge in [0.25, 0.3) is 0 Å². The van der Waals surface area contributed by atoms with Crippen molar-refractivity contribution in [1.29, 1.82) is 0 Å². The van der Waals surface area contributed by atoms with Crippen molar-refractivity contribution in [3.05, 3.63) is 29.8 Å². The van der Waals surface area contributed by atoms with E-state index in [-0.39, 0.29) is 11.8 Å². The molecule has 0 aromatic heterocycles. The van der Waals surface area contributed by atoms with Crippen LogP contribution in [0.4, 0.5) is 13.2 Å². The molecular weight excluding hydrogens is 255 g/mol. The number of hydrogen-bond acceptors (Lipinski definition) is 2. The Balaban J connectivity index is 2.26. The van der Waals surface area contributed by atoms with Crippen LogP contribution in [0.2, 0.25) is 0 Å². The molecule has 1 saturated carbocycles. The van der Waals surface area contributed by atoms with Gasteiger partial charge in [0.15, 0.2) is 0 Å². The summed E-state index contributed by atoms with van der Waals surface area (Å²) in [5.41, 5.74) is 0.571. The summed E-state index contributed by atoms with van der Waals surface area (Å²) in [6.07, 6.45) is -2.35. The van der Waals surface area contributed by atoms with Gasteiger partial charge >= 0.3 is 6.36 Å². The fourth-order valence-electron chi connectivity index (χ4n) is 2.55. The van der Waals surface area contributed by atoms with E-state index >= 15 is 0 Å². The Hall–Kier alpha value is -1.23. The van der Waals surface area contributed by atoms with E-state index in [9.17, 15) is 13.2 Å². The van der Waals surface area contributed by atoms with E-state index in [2.05, 4.69) is 17.0 Å². The quantitative estimate of drug-likeness (QED) is 0.878. The number of ether oxygens (including phenoxy) is 1. The lowest BCUT2D eigenvalue weighted by Gasteiger charge is -2.26. The summed E-state index contributed by atoms with van der Waals surface area (Å²) < 4.78 is 41.4. The van der Waals surface area contributed by atoms with Gasteiger partial charge in [-0.15, -0.1) is 13.2 Å². The molecule has 1 fully saturated rings. The molecule has 0 bridgehead atoms. The molecule has 0 heterocycles. The van der Waals surface area contributed by atoms with E-state index in [1.54, 1.807) is 25.2 Å². The molecule has 2 atom stereocenters. The molecule has 2 nitrogen and oxygen atoms in total. The summed E-state index contributed by atoms with van der Waals surface area (Å²) in [4.78, 5) is 0. The van der Waals surface area contributed by atoms with Gasteiger partial charge in [-0.3, -0.25) is 0 Å². The normalized spacial score (nSPS) is 19.0. The molecule has 1 aliphatic rings. The topological polar surface area (TPSA) is 21.3 Å². The van der Waals surface area contributed by atoms with E-state index < -0.39 is 6.36 Å². The van der Waals surface area contributed by atoms with E-state index in [1.807, 2.05) is 0 Å². The van der Waals surface area contributed by atoms with Crippen LogP contribution in [-0.4, -0.2) is 13.4 Å². The zero-order valence-electron chi connectivity index (χ0n) is 11.0. The van der Waals surface area contributed by atoms with Crippen molar-refractivity contribution in [3.8, 4) is 5.75 Å². The van der Waals surface area contributed by atoms with Crippen LogP contribution >= 0.6 is 0 Å². The molecule has 2 unspecified atom stereocenters. The Bertz CT molecular complexity index is 429. The maximum atomic E-state index is 12.4. The first-order valence-corrected chi connectivity index (χ1v) is 6.44. The van der Waals surface area contributed by atoms with Crippen molar-refractivity contribution in [3.63, 3.8) is 0 Å². The number of alkyl halides is 3. The molecule has 1 N–H and O–H groups in total. The number of benzene rings is 1. The van der Waals surface area contributed by atoms with Gasteiger partial charge in [0, 0.05) is 11.6 Å². The molecule has 1 aliphatic carbocycles. The van der Waals surface area contributed by atoms with E-state index in [0.29, 0.717) is 17.4 Å². The van der Waals surface area contributed by atoms with Crippen LogP contribution in [0.15, 0.2) is 24.3 Å². The first kappa shape index (κ1) is 14.2. The molecule has 0 amide bonds. The maximum Gasteiger partial charge on any atom is 0.573 e. The van der Waals surface area contributed by atoms with Gasteiger partial charge < -0.3 is 10.1 Å². The molecule has 0 spiro atoms. The van der Waals surface area contributed by atoms with Gasteiger partial charge in [-0.2, -0.15) is 0 Å². The smallest absolute Gasteiger partial charge is 0.405 e. The van der Waals surface area contributed by atoms with Gasteiger partial charge in [0.1, 0.15) is 5.75 Å². The van der Waals surface area contributed by atoms with Crippen molar-refractivity contribution in [1.82, 2.24) is 5.32 Å². The van der Waals surface area contributed by atoms with Crippen molar-refractivity contribution >= 4 is 0 Å². The average Bonchev–Trinajstić information content (AvgIpc) is 3.14. The summed E-state index contributed by atoms with van der Waals surface area (Å²) in [7, 11) is 1.77. The Morgan fingerprint density at radius 1 is 1.26 bits per heavy atom. The van der Waals surface area contributed by atoms with Gasteiger partial charge in [-0.25, -0.2) is 0 Å². The van der Waals surface area contributed by atoms with Gasteiger partial charge in [0.2, 0.25) is 0 Å². The number of rotatable bonds is 5. The summed E-state index contributed by atoms with van der Waals surface area (Å²) in [5.74, 6) is 0.779. The molecule has 106 valence electrons. The monoisotopic (exact) mass is 273 g/mol. The summed E-state index contributed by atoms with van der Waals surface area (Å²) in [5, 5.41) is 3.12. The van der Waals surface area contributed by atoms with Gasteiger partial charge in [-0.05, 0) is 37.8 Å². The van der Waals surface area contributed by atoms with Crippen molar-refractivity contribution in [2.75, 3.05) is 7.05 Å². The second-order valence-corrected chi connectivity index (χ2v) is 5.05. The van der Waals surface area contributed by atoms with Crippen LogP contribution in [0.1, 0.15) is 31.4 Å². The predicted octanol–water partition coefficient (Wildman–Crippen LogP) is 3.89. The van der Waals surface area contributed by atoms with E-state index in [4.69, 9.17) is 0 Å². The van der Waals surface area contributed by atoms with Crippen LogP contribution in [-0.2, 0) is 0 Å². The van der Waals surface area contributed by atoms with Crippen LogP contribution < -0.4 is 10.1 Å². The Morgan fingerprint density at radius 2 is 1.89 bits per heavy atom. The highest BCUT2D eigenvalue weighted by atomic mass is 19.4. The predicted molar refractivity (Wildman–Crippen MR) is 66.8 cm³/mol. The standard InChI is InChI=1S/C14H18F3NO/c1-9(10-7-8-10)13(18-2)11-5-3-4-6-12(11)19-14(15,16)17/h3-6,9-10,13,18H,7-8H2,1-2H3. The second kappa shape index (κ2) is 5.41. The zero-order chi connectivity index (χ0) is 14.0. The third-order valence-corrected chi connectivity index (χ3v) is 3.68. The highest BCUT2D eigenvalue weighted by Gasteiger charge is 2.37. The summed E-state index contributed by atoms with van der Waals surface area (Å²) >= 11 is 0. The molecule has 0 radical (unpaired) electrons. The average molecular weight is 273 g/mol. The van der Waals surface area contributed by atoms with Crippen molar-refractivity contribution < 1.29 is 17.9 Å². The molecule has 2 rings (SSSR count). The van der Waals surface area contributed by atoms with Crippen LogP contribution in [0, 0.1) is 11.8 Å².